The molecule has 3 amide bonds. The molecule has 11 heteroatoms. The van der Waals surface area contributed by atoms with Crippen LogP contribution in [-0.4, -0.2) is 17.7 Å². The number of amides is 3. The van der Waals surface area contributed by atoms with E-state index in [4.69, 9.17) is 46.4 Å². The van der Waals surface area contributed by atoms with Crippen LogP contribution in [0.4, 0.5) is 11.4 Å². The van der Waals surface area contributed by atoms with E-state index in [1.807, 2.05) is 30.3 Å². The molecule has 0 saturated carbocycles. The first kappa shape index (κ1) is 34.1. The Morgan fingerprint density at radius 1 is 0.617 bits per heavy atom. The molecule has 5 rings (SSSR count). The predicted molar refractivity (Wildman–Crippen MR) is 194 cm³/mol. The molecular formula is C36H25Cl4N3O3S. The SMILES string of the molecule is O=C(Nc1ccc(SC(C(=O)Nc2ccc(Cl)c(Cl)c2)c2ccccc2)cc1)/C(=C/c1c(Cl)cccc1Cl)NC(=O)c1ccccc1. The third-order valence-electron chi connectivity index (χ3n) is 6.71. The second-order valence-electron chi connectivity index (χ2n) is 10.0. The minimum atomic E-state index is -0.603. The zero-order chi connectivity index (χ0) is 33.3. The van der Waals surface area contributed by atoms with E-state index < -0.39 is 17.1 Å². The highest BCUT2D eigenvalue weighted by Gasteiger charge is 2.23. The van der Waals surface area contributed by atoms with E-state index in [2.05, 4.69) is 16.0 Å². The first-order valence-electron chi connectivity index (χ1n) is 14.1. The molecular weight excluding hydrogens is 696 g/mol. The molecule has 0 saturated heterocycles. The summed E-state index contributed by atoms with van der Waals surface area (Å²) in [5.41, 5.74) is 2.47. The van der Waals surface area contributed by atoms with Gasteiger partial charge in [-0.15, -0.1) is 11.8 Å². The lowest BCUT2D eigenvalue weighted by Crippen LogP contribution is -2.30. The van der Waals surface area contributed by atoms with E-state index in [0.717, 1.165) is 10.5 Å². The second kappa shape index (κ2) is 16.0. The predicted octanol–water partition coefficient (Wildman–Crippen LogP) is 10.2. The van der Waals surface area contributed by atoms with Crippen LogP contribution in [-0.2, 0) is 9.59 Å². The number of benzene rings is 5. The first-order chi connectivity index (χ1) is 22.7. The Balaban J connectivity index is 1.35. The summed E-state index contributed by atoms with van der Waals surface area (Å²) in [5, 5.41) is 9.16. The zero-order valence-corrected chi connectivity index (χ0v) is 28.2. The Hall–Kier alpha value is -4.24. The number of rotatable bonds is 10. The molecule has 1 unspecified atom stereocenters. The fraction of sp³-hybridized carbons (Fsp3) is 0.0278. The van der Waals surface area contributed by atoms with Gasteiger partial charge in [-0.3, -0.25) is 14.4 Å². The number of anilines is 2. The average molecular weight is 721 g/mol. The Morgan fingerprint density at radius 3 is 1.87 bits per heavy atom. The Bertz CT molecular complexity index is 1920. The van der Waals surface area contributed by atoms with Crippen LogP contribution in [0.5, 0.6) is 0 Å². The van der Waals surface area contributed by atoms with Gasteiger partial charge in [-0.2, -0.15) is 0 Å². The van der Waals surface area contributed by atoms with Gasteiger partial charge in [0.15, 0.2) is 0 Å². The van der Waals surface area contributed by atoms with Gasteiger partial charge in [-0.25, -0.2) is 0 Å². The van der Waals surface area contributed by atoms with Gasteiger partial charge in [0, 0.05) is 37.4 Å². The van der Waals surface area contributed by atoms with Crippen LogP contribution < -0.4 is 16.0 Å². The van der Waals surface area contributed by atoms with Gasteiger partial charge in [-0.05, 0) is 78.4 Å². The number of halogens is 4. The second-order valence-corrected chi connectivity index (χ2v) is 12.8. The largest absolute Gasteiger partial charge is 0.325 e. The van der Waals surface area contributed by atoms with Gasteiger partial charge >= 0.3 is 0 Å². The van der Waals surface area contributed by atoms with Crippen molar-refractivity contribution >= 4 is 93.3 Å². The maximum absolute atomic E-state index is 13.5. The van der Waals surface area contributed by atoms with E-state index >= 15 is 0 Å². The van der Waals surface area contributed by atoms with E-state index in [1.165, 1.54) is 17.8 Å². The van der Waals surface area contributed by atoms with Crippen molar-refractivity contribution in [2.45, 2.75) is 10.1 Å². The molecule has 0 spiro atoms. The normalized spacial score (nSPS) is 11.8. The quantitative estimate of drug-likeness (QED) is 0.0990. The van der Waals surface area contributed by atoms with E-state index in [0.29, 0.717) is 42.6 Å². The van der Waals surface area contributed by atoms with Gasteiger partial charge < -0.3 is 16.0 Å². The Labute approximate surface area is 296 Å². The molecule has 0 aliphatic heterocycles. The summed E-state index contributed by atoms with van der Waals surface area (Å²) >= 11 is 26.2. The molecule has 47 heavy (non-hydrogen) atoms. The summed E-state index contributed by atoms with van der Waals surface area (Å²) in [7, 11) is 0. The summed E-state index contributed by atoms with van der Waals surface area (Å²) in [5.74, 6) is -1.32. The van der Waals surface area contributed by atoms with Gasteiger partial charge in [0.2, 0.25) is 5.91 Å². The lowest BCUT2D eigenvalue weighted by Gasteiger charge is -2.18. The van der Waals surface area contributed by atoms with Crippen LogP contribution in [0.3, 0.4) is 0 Å². The van der Waals surface area contributed by atoms with E-state index in [-0.39, 0.29) is 11.6 Å². The fourth-order valence-corrected chi connectivity index (χ4v) is 6.20. The standard InChI is InChI=1S/C36H25Cl4N3O3S/c37-28-12-7-13-29(38)27(28)21-32(43-34(44)23-10-5-2-6-11-23)35(45)41-24-14-17-26(18-15-24)47-33(22-8-3-1-4-9-22)36(46)42-25-16-19-30(39)31(40)20-25/h1-21,33H,(H,41,45)(H,42,46)(H,43,44)/b32-21-. The molecule has 236 valence electrons. The lowest BCUT2D eigenvalue weighted by molar-refractivity contribution is -0.116. The molecule has 0 radical (unpaired) electrons. The maximum atomic E-state index is 13.5. The minimum absolute atomic E-state index is 0.0598. The summed E-state index contributed by atoms with van der Waals surface area (Å²) in [6, 6.07) is 34.7. The number of carbonyl (C=O) groups excluding carboxylic acids is 3. The third kappa shape index (κ3) is 9.19. The lowest BCUT2D eigenvalue weighted by atomic mass is 10.1. The van der Waals surface area contributed by atoms with Gasteiger partial charge in [0.1, 0.15) is 10.9 Å². The number of hydrogen-bond acceptors (Lipinski definition) is 4. The maximum Gasteiger partial charge on any atom is 0.272 e. The van der Waals surface area contributed by atoms with Crippen molar-refractivity contribution in [2.75, 3.05) is 10.6 Å². The van der Waals surface area contributed by atoms with Gasteiger partial charge in [0.25, 0.3) is 11.8 Å². The number of thioether (sulfide) groups is 1. The molecule has 1 atom stereocenters. The summed E-state index contributed by atoms with van der Waals surface area (Å²) in [6.45, 7) is 0. The molecule has 0 bridgehead atoms. The van der Waals surface area contributed by atoms with Crippen molar-refractivity contribution in [1.29, 1.82) is 0 Å². The van der Waals surface area contributed by atoms with Crippen LogP contribution >= 0.6 is 58.2 Å². The molecule has 3 N–H and O–H groups in total. The highest BCUT2D eigenvalue weighted by molar-refractivity contribution is 8.00. The Kier molecular flexibility index (Phi) is 11.6. The smallest absolute Gasteiger partial charge is 0.272 e. The zero-order valence-electron chi connectivity index (χ0n) is 24.3. The highest BCUT2D eigenvalue weighted by atomic mass is 35.5. The number of hydrogen-bond donors (Lipinski definition) is 3. The molecule has 6 nitrogen and oxygen atoms in total. The molecule has 5 aromatic carbocycles. The summed E-state index contributed by atoms with van der Waals surface area (Å²) in [4.78, 5) is 40.7. The monoisotopic (exact) mass is 719 g/mol. The Morgan fingerprint density at radius 2 is 1.23 bits per heavy atom. The molecule has 0 fully saturated rings. The van der Waals surface area contributed by atoms with Crippen molar-refractivity contribution in [1.82, 2.24) is 5.32 Å². The van der Waals surface area contributed by atoms with E-state index in [1.54, 1.807) is 91.0 Å². The van der Waals surface area contributed by atoms with Crippen molar-refractivity contribution < 1.29 is 14.4 Å². The fourth-order valence-electron chi connectivity index (χ4n) is 4.37. The van der Waals surface area contributed by atoms with E-state index in [9.17, 15) is 14.4 Å². The van der Waals surface area contributed by atoms with Crippen molar-refractivity contribution in [3.63, 3.8) is 0 Å². The highest BCUT2D eigenvalue weighted by Crippen LogP contribution is 2.37. The van der Waals surface area contributed by atoms with Crippen LogP contribution in [0.25, 0.3) is 6.08 Å². The summed E-state index contributed by atoms with van der Waals surface area (Å²) < 4.78 is 0. The number of carbonyl (C=O) groups is 3. The van der Waals surface area contributed by atoms with Crippen molar-refractivity contribution in [2.24, 2.45) is 0 Å². The van der Waals surface area contributed by atoms with Crippen LogP contribution in [0.15, 0.2) is 132 Å². The summed E-state index contributed by atoms with van der Waals surface area (Å²) in [6.07, 6.45) is 1.43. The average Bonchev–Trinajstić information content (AvgIpc) is 3.08. The van der Waals surface area contributed by atoms with Crippen molar-refractivity contribution in [3.8, 4) is 0 Å². The molecule has 0 aliphatic carbocycles. The third-order valence-corrected chi connectivity index (χ3v) is 9.38. The first-order valence-corrected chi connectivity index (χ1v) is 16.5. The molecule has 0 aromatic heterocycles. The van der Waals surface area contributed by atoms with Crippen molar-refractivity contribution in [3.05, 3.63) is 164 Å². The van der Waals surface area contributed by atoms with Gasteiger partial charge in [-0.1, -0.05) is 101 Å². The van der Waals surface area contributed by atoms with Crippen LogP contribution in [0, 0.1) is 0 Å². The minimum Gasteiger partial charge on any atom is -0.325 e. The topological polar surface area (TPSA) is 87.3 Å². The van der Waals surface area contributed by atoms with Crippen LogP contribution in [0.2, 0.25) is 20.1 Å². The molecule has 0 aliphatic rings. The molecule has 5 aromatic rings. The van der Waals surface area contributed by atoms with Crippen LogP contribution in [0.1, 0.15) is 26.7 Å². The molecule has 0 heterocycles. The van der Waals surface area contributed by atoms with Gasteiger partial charge in [0.05, 0.1) is 10.0 Å². The number of nitrogens with one attached hydrogen (secondary N) is 3.